The Balaban J connectivity index is 1.84. The van der Waals surface area contributed by atoms with Gasteiger partial charge in [0.2, 0.25) is 0 Å². The summed E-state index contributed by atoms with van der Waals surface area (Å²) in [4.78, 5) is 0. The Kier molecular flexibility index (Phi) is 3.83. The van der Waals surface area contributed by atoms with Crippen molar-refractivity contribution in [2.75, 3.05) is 13.2 Å². The molecule has 1 aromatic carbocycles. The van der Waals surface area contributed by atoms with E-state index in [9.17, 15) is 0 Å². The zero-order valence-electron chi connectivity index (χ0n) is 10.2. The second-order valence-electron chi connectivity index (χ2n) is 4.49. The highest BCUT2D eigenvalue weighted by molar-refractivity contribution is 5.39. The van der Waals surface area contributed by atoms with Gasteiger partial charge in [-0.1, -0.05) is 18.2 Å². The second-order valence-corrected chi connectivity index (χ2v) is 4.49. The Bertz CT molecular complexity index is 320. The van der Waals surface area contributed by atoms with Gasteiger partial charge in [-0.15, -0.1) is 0 Å². The fourth-order valence-electron chi connectivity index (χ4n) is 2.19. The van der Waals surface area contributed by atoms with Crippen LogP contribution in [0.5, 0.6) is 5.75 Å². The summed E-state index contributed by atoms with van der Waals surface area (Å²) >= 11 is 0. The standard InChI is InChI=1S/C14H20O2/c1-11-5-3-6-12(2)14(11)16-10-8-13-7-4-9-15-13/h3,5-6,13H,4,7-10H2,1-2H3. The Labute approximate surface area is 97.6 Å². The van der Waals surface area contributed by atoms with E-state index >= 15 is 0 Å². The molecule has 0 saturated carbocycles. The quantitative estimate of drug-likeness (QED) is 0.775. The molecule has 1 aliphatic rings. The molecule has 1 unspecified atom stereocenters. The van der Waals surface area contributed by atoms with E-state index in [1.54, 1.807) is 0 Å². The molecular formula is C14H20O2. The molecule has 1 aliphatic heterocycles. The van der Waals surface area contributed by atoms with E-state index in [1.807, 2.05) is 0 Å². The number of hydrogen-bond donors (Lipinski definition) is 0. The summed E-state index contributed by atoms with van der Waals surface area (Å²) in [6.45, 7) is 5.87. The van der Waals surface area contributed by atoms with Crippen LogP contribution >= 0.6 is 0 Å². The zero-order chi connectivity index (χ0) is 11.4. The van der Waals surface area contributed by atoms with Crippen molar-refractivity contribution in [1.82, 2.24) is 0 Å². The van der Waals surface area contributed by atoms with E-state index in [4.69, 9.17) is 9.47 Å². The molecule has 0 N–H and O–H groups in total. The van der Waals surface area contributed by atoms with E-state index in [0.29, 0.717) is 6.10 Å². The van der Waals surface area contributed by atoms with Crippen molar-refractivity contribution in [3.05, 3.63) is 29.3 Å². The molecule has 0 aliphatic carbocycles. The van der Waals surface area contributed by atoms with Crippen molar-refractivity contribution in [3.8, 4) is 5.75 Å². The summed E-state index contributed by atoms with van der Waals surface area (Å²) in [5.74, 6) is 1.04. The van der Waals surface area contributed by atoms with Crippen LogP contribution in [0.15, 0.2) is 18.2 Å². The van der Waals surface area contributed by atoms with Crippen LogP contribution in [0.3, 0.4) is 0 Å². The number of hydrogen-bond acceptors (Lipinski definition) is 2. The van der Waals surface area contributed by atoms with Gasteiger partial charge in [0.1, 0.15) is 5.75 Å². The van der Waals surface area contributed by atoms with Crippen LogP contribution in [0, 0.1) is 13.8 Å². The van der Waals surface area contributed by atoms with Gasteiger partial charge < -0.3 is 9.47 Å². The molecule has 2 nitrogen and oxygen atoms in total. The van der Waals surface area contributed by atoms with E-state index in [1.165, 1.54) is 24.0 Å². The first kappa shape index (κ1) is 11.5. The average Bonchev–Trinajstić information content (AvgIpc) is 2.75. The van der Waals surface area contributed by atoms with E-state index in [-0.39, 0.29) is 0 Å². The molecule has 0 radical (unpaired) electrons. The van der Waals surface area contributed by atoms with Crippen molar-refractivity contribution in [1.29, 1.82) is 0 Å². The lowest BCUT2D eigenvalue weighted by Gasteiger charge is -2.14. The highest BCUT2D eigenvalue weighted by Gasteiger charge is 2.15. The monoisotopic (exact) mass is 220 g/mol. The predicted octanol–water partition coefficient (Wildman–Crippen LogP) is 3.25. The molecular weight excluding hydrogens is 200 g/mol. The normalized spacial score (nSPS) is 20.0. The molecule has 1 atom stereocenters. The third-order valence-corrected chi connectivity index (χ3v) is 3.12. The molecule has 0 spiro atoms. The second kappa shape index (κ2) is 5.35. The van der Waals surface area contributed by atoms with Crippen LogP contribution in [0.4, 0.5) is 0 Å². The van der Waals surface area contributed by atoms with Gasteiger partial charge in [0, 0.05) is 13.0 Å². The van der Waals surface area contributed by atoms with Crippen molar-refractivity contribution in [2.45, 2.75) is 39.2 Å². The van der Waals surface area contributed by atoms with Gasteiger partial charge in [-0.2, -0.15) is 0 Å². The highest BCUT2D eigenvalue weighted by Crippen LogP contribution is 2.23. The molecule has 1 heterocycles. The van der Waals surface area contributed by atoms with E-state index < -0.39 is 0 Å². The van der Waals surface area contributed by atoms with Gasteiger partial charge in [-0.25, -0.2) is 0 Å². The average molecular weight is 220 g/mol. The van der Waals surface area contributed by atoms with E-state index in [2.05, 4.69) is 32.0 Å². The third-order valence-electron chi connectivity index (χ3n) is 3.12. The largest absolute Gasteiger partial charge is 0.493 e. The van der Waals surface area contributed by atoms with Crippen molar-refractivity contribution in [3.63, 3.8) is 0 Å². The van der Waals surface area contributed by atoms with E-state index in [0.717, 1.165) is 25.4 Å². The molecule has 1 saturated heterocycles. The maximum absolute atomic E-state index is 5.85. The van der Waals surface area contributed by atoms with Gasteiger partial charge in [0.05, 0.1) is 12.7 Å². The van der Waals surface area contributed by atoms with Gasteiger partial charge in [-0.05, 0) is 37.8 Å². The topological polar surface area (TPSA) is 18.5 Å². The first-order chi connectivity index (χ1) is 7.77. The van der Waals surface area contributed by atoms with Gasteiger partial charge in [-0.3, -0.25) is 0 Å². The SMILES string of the molecule is Cc1cccc(C)c1OCCC1CCCO1. The van der Waals surface area contributed by atoms with Crippen LogP contribution in [-0.4, -0.2) is 19.3 Å². The maximum Gasteiger partial charge on any atom is 0.125 e. The lowest BCUT2D eigenvalue weighted by atomic mass is 10.1. The van der Waals surface area contributed by atoms with Crippen LogP contribution < -0.4 is 4.74 Å². The summed E-state index contributed by atoms with van der Waals surface area (Å²) in [5.41, 5.74) is 2.43. The molecule has 0 aromatic heterocycles. The smallest absolute Gasteiger partial charge is 0.125 e. The fourth-order valence-corrected chi connectivity index (χ4v) is 2.19. The molecule has 2 rings (SSSR count). The summed E-state index contributed by atoms with van der Waals surface area (Å²) in [7, 11) is 0. The van der Waals surface area contributed by atoms with Crippen molar-refractivity contribution in [2.24, 2.45) is 0 Å². The van der Waals surface area contributed by atoms with Gasteiger partial charge in [0.15, 0.2) is 0 Å². The fraction of sp³-hybridized carbons (Fsp3) is 0.571. The highest BCUT2D eigenvalue weighted by atomic mass is 16.5. The van der Waals surface area contributed by atoms with Gasteiger partial charge in [0.25, 0.3) is 0 Å². The van der Waals surface area contributed by atoms with Crippen LogP contribution in [0.1, 0.15) is 30.4 Å². The predicted molar refractivity (Wildman–Crippen MR) is 65.0 cm³/mol. The number of ether oxygens (including phenoxy) is 2. The number of benzene rings is 1. The molecule has 0 bridgehead atoms. The van der Waals surface area contributed by atoms with Gasteiger partial charge >= 0.3 is 0 Å². The van der Waals surface area contributed by atoms with Crippen LogP contribution in [-0.2, 0) is 4.74 Å². The van der Waals surface area contributed by atoms with Crippen LogP contribution in [0.2, 0.25) is 0 Å². The first-order valence-corrected chi connectivity index (χ1v) is 6.08. The Morgan fingerprint density at radius 2 is 2.06 bits per heavy atom. The summed E-state index contributed by atoms with van der Waals surface area (Å²) in [5, 5.41) is 0. The minimum atomic E-state index is 0.421. The number of aryl methyl sites for hydroxylation is 2. The Morgan fingerprint density at radius 3 is 2.69 bits per heavy atom. The molecule has 2 heteroatoms. The third kappa shape index (κ3) is 2.76. The molecule has 16 heavy (non-hydrogen) atoms. The molecule has 1 fully saturated rings. The zero-order valence-corrected chi connectivity index (χ0v) is 10.2. The Morgan fingerprint density at radius 1 is 1.31 bits per heavy atom. The summed E-state index contributed by atoms with van der Waals surface area (Å²) in [6.07, 6.45) is 3.82. The minimum Gasteiger partial charge on any atom is -0.493 e. The maximum atomic E-state index is 5.85. The molecule has 88 valence electrons. The summed E-state index contributed by atoms with van der Waals surface area (Å²) in [6, 6.07) is 6.25. The molecule has 1 aromatic rings. The molecule has 0 amide bonds. The first-order valence-electron chi connectivity index (χ1n) is 6.08. The van der Waals surface area contributed by atoms with Crippen molar-refractivity contribution < 1.29 is 9.47 Å². The lowest BCUT2D eigenvalue weighted by Crippen LogP contribution is -2.11. The minimum absolute atomic E-state index is 0.421. The summed E-state index contributed by atoms with van der Waals surface area (Å²) < 4.78 is 11.4. The lowest BCUT2D eigenvalue weighted by molar-refractivity contribution is 0.0901. The number of rotatable bonds is 4. The van der Waals surface area contributed by atoms with Crippen LogP contribution in [0.25, 0.3) is 0 Å². The Hall–Kier alpha value is -1.02. The van der Waals surface area contributed by atoms with Crippen molar-refractivity contribution >= 4 is 0 Å². The number of para-hydroxylation sites is 1.